The molecule has 0 N–H and O–H groups in total. The largest absolute Gasteiger partial charge is 0.497 e. The Bertz CT molecular complexity index is 1330. The molecule has 0 aliphatic heterocycles. The second-order valence-electron chi connectivity index (χ2n) is 7.12. The van der Waals surface area contributed by atoms with Crippen LogP contribution in [0.3, 0.4) is 0 Å². The molecule has 154 valence electrons. The number of ether oxygens (including phenoxy) is 1. The number of hydrogen-bond acceptors (Lipinski definition) is 5. The minimum absolute atomic E-state index is 0.779. The first-order chi connectivity index (χ1) is 15.3. The van der Waals surface area contributed by atoms with Crippen LogP contribution >= 0.6 is 11.3 Å². The molecule has 0 saturated heterocycles. The highest BCUT2D eigenvalue weighted by Crippen LogP contribution is 2.28. The Morgan fingerprint density at radius 3 is 2.71 bits per heavy atom. The summed E-state index contributed by atoms with van der Waals surface area (Å²) in [6.07, 6.45) is 4.40. The molecule has 2 aromatic carbocycles. The lowest BCUT2D eigenvalue weighted by atomic mass is 10.1. The van der Waals surface area contributed by atoms with Gasteiger partial charge in [0.25, 0.3) is 0 Å². The van der Waals surface area contributed by atoms with Gasteiger partial charge >= 0.3 is 0 Å². The van der Waals surface area contributed by atoms with Crippen molar-refractivity contribution in [3.63, 3.8) is 0 Å². The van der Waals surface area contributed by atoms with Crippen molar-refractivity contribution in [3.8, 4) is 17.2 Å². The monoisotopic (exact) mass is 427 g/mol. The highest BCUT2D eigenvalue weighted by molar-refractivity contribution is 7.07. The van der Waals surface area contributed by atoms with Gasteiger partial charge < -0.3 is 13.7 Å². The van der Waals surface area contributed by atoms with Crippen LogP contribution in [-0.2, 0) is 13.0 Å². The zero-order chi connectivity index (χ0) is 21.0. The summed E-state index contributed by atoms with van der Waals surface area (Å²) < 4.78 is 13.7. The zero-order valence-electron chi connectivity index (χ0n) is 17.1. The van der Waals surface area contributed by atoms with Crippen LogP contribution in [-0.4, -0.2) is 16.7 Å². The molecule has 0 fully saturated rings. The van der Waals surface area contributed by atoms with E-state index in [2.05, 4.69) is 39.2 Å². The molecule has 5 nitrogen and oxygen atoms in total. The van der Waals surface area contributed by atoms with E-state index in [1.54, 1.807) is 30.8 Å². The molecule has 0 bridgehead atoms. The maximum absolute atomic E-state index is 6.16. The highest BCUT2D eigenvalue weighted by Gasteiger charge is 2.13. The standard InChI is InChI=1S/C25H21N3O2S/c1-29-21-10-8-18(9-11-21)12-14-28-22(24-15-19-5-2-3-7-23(19)30-24)17-31-25(28)27-20-6-4-13-26-16-20/h2-11,13,15-17H,12,14H2,1H3. The third-order valence-electron chi connectivity index (χ3n) is 5.13. The molecule has 3 aromatic heterocycles. The first kappa shape index (κ1) is 19.3. The molecule has 0 spiro atoms. The van der Waals surface area contributed by atoms with Crippen molar-refractivity contribution in [1.29, 1.82) is 0 Å². The minimum atomic E-state index is 0.779. The van der Waals surface area contributed by atoms with Gasteiger partial charge in [0.1, 0.15) is 11.3 Å². The van der Waals surface area contributed by atoms with Crippen molar-refractivity contribution in [2.45, 2.75) is 13.0 Å². The predicted octanol–water partition coefficient (Wildman–Crippen LogP) is 5.84. The molecule has 5 aromatic rings. The van der Waals surface area contributed by atoms with Crippen molar-refractivity contribution in [2.75, 3.05) is 7.11 Å². The second kappa shape index (κ2) is 8.62. The quantitative estimate of drug-likeness (QED) is 0.342. The fraction of sp³-hybridized carbons (Fsp3) is 0.120. The van der Waals surface area contributed by atoms with E-state index < -0.39 is 0 Å². The van der Waals surface area contributed by atoms with Crippen molar-refractivity contribution in [2.24, 2.45) is 4.99 Å². The average Bonchev–Trinajstić information content (AvgIpc) is 3.42. The molecule has 0 unspecified atom stereocenters. The fourth-order valence-corrected chi connectivity index (χ4v) is 4.44. The van der Waals surface area contributed by atoms with Gasteiger partial charge in [-0.1, -0.05) is 30.3 Å². The first-order valence-electron chi connectivity index (χ1n) is 10.0. The Balaban J connectivity index is 1.55. The summed E-state index contributed by atoms with van der Waals surface area (Å²) in [6, 6.07) is 22.2. The van der Waals surface area contributed by atoms with E-state index in [0.29, 0.717) is 0 Å². The van der Waals surface area contributed by atoms with Crippen LogP contribution in [0.1, 0.15) is 5.56 Å². The number of fused-ring (bicyclic) bond motifs is 1. The molecule has 0 aliphatic carbocycles. The summed E-state index contributed by atoms with van der Waals surface area (Å²) in [5.41, 5.74) is 3.98. The van der Waals surface area contributed by atoms with E-state index in [-0.39, 0.29) is 0 Å². The maximum atomic E-state index is 6.16. The number of para-hydroxylation sites is 1. The average molecular weight is 428 g/mol. The van der Waals surface area contributed by atoms with Gasteiger partial charge in [0.05, 0.1) is 24.7 Å². The number of nitrogens with zero attached hydrogens (tertiary/aromatic N) is 3. The normalized spacial score (nSPS) is 11.8. The van der Waals surface area contributed by atoms with Crippen LogP contribution in [0.5, 0.6) is 5.75 Å². The number of pyridine rings is 1. The van der Waals surface area contributed by atoms with Gasteiger partial charge in [-0.15, -0.1) is 11.3 Å². The molecule has 0 atom stereocenters. The van der Waals surface area contributed by atoms with Crippen molar-refractivity contribution >= 4 is 28.0 Å². The van der Waals surface area contributed by atoms with E-state index in [0.717, 1.165) is 51.6 Å². The Morgan fingerprint density at radius 2 is 1.94 bits per heavy atom. The van der Waals surface area contributed by atoms with E-state index >= 15 is 0 Å². The summed E-state index contributed by atoms with van der Waals surface area (Å²) >= 11 is 1.61. The number of aryl methyl sites for hydroxylation is 1. The van der Waals surface area contributed by atoms with Gasteiger partial charge in [-0.3, -0.25) is 4.98 Å². The lowest BCUT2D eigenvalue weighted by Gasteiger charge is -2.08. The van der Waals surface area contributed by atoms with Crippen LogP contribution in [0, 0.1) is 0 Å². The number of benzene rings is 2. The van der Waals surface area contributed by atoms with Crippen LogP contribution < -0.4 is 9.54 Å². The third-order valence-corrected chi connectivity index (χ3v) is 5.99. The van der Waals surface area contributed by atoms with Gasteiger partial charge in [-0.25, -0.2) is 4.99 Å². The van der Waals surface area contributed by atoms with Crippen LogP contribution in [0.2, 0.25) is 0 Å². The zero-order valence-corrected chi connectivity index (χ0v) is 17.9. The number of methoxy groups -OCH3 is 1. The number of furan rings is 1. The van der Waals surface area contributed by atoms with Gasteiger partial charge in [0.15, 0.2) is 10.6 Å². The molecule has 0 radical (unpaired) electrons. The van der Waals surface area contributed by atoms with Gasteiger partial charge in [0, 0.05) is 23.5 Å². The first-order valence-corrected chi connectivity index (χ1v) is 10.9. The van der Waals surface area contributed by atoms with E-state index in [1.165, 1.54) is 5.56 Å². The van der Waals surface area contributed by atoms with E-state index in [9.17, 15) is 0 Å². The molecule has 5 rings (SSSR count). The molecular weight excluding hydrogens is 406 g/mol. The van der Waals surface area contributed by atoms with Gasteiger partial charge in [0.2, 0.25) is 0 Å². The predicted molar refractivity (Wildman–Crippen MR) is 124 cm³/mol. The number of hydrogen-bond donors (Lipinski definition) is 0. The summed E-state index contributed by atoms with van der Waals surface area (Å²) in [6.45, 7) is 0.779. The molecule has 0 aliphatic rings. The lowest BCUT2D eigenvalue weighted by Crippen LogP contribution is -2.17. The SMILES string of the molecule is COc1ccc(CCn2c(-c3cc4ccccc4o3)csc2=Nc2cccnc2)cc1. The molecule has 0 amide bonds. The van der Waals surface area contributed by atoms with Gasteiger partial charge in [-0.2, -0.15) is 0 Å². The number of aromatic nitrogens is 2. The third kappa shape index (κ3) is 4.15. The number of thiazole rings is 1. The minimum Gasteiger partial charge on any atom is -0.497 e. The van der Waals surface area contributed by atoms with Crippen molar-refractivity contribution in [1.82, 2.24) is 9.55 Å². The Morgan fingerprint density at radius 1 is 1.06 bits per heavy atom. The molecule has 31 heavy (non-hydrogen) atoms. The number of rotatable bonds is 6. The molecule has 0 saturated carbocycles. The fourth-order valence-electron chi connectivity index (χ4n) is 3.50. The summed E-state index contributed by atoms with van der Waals surface area (Å²) in [5, 5.41) is 3.21. The van der Waals surface area contributed by atoms with Gasteiger partial charge in [-0.05, 0) is 48.4 Å². The Hall–Kier alpha value is -3.64. The Kier molecular flexibility index (Phi) is 5.37. The molecular formula is C25H21N3O2S. The van der Waals surface area contributed by atoms with Crippen molar-refractivity contribution in [3.05, 3.63) is 94.9 Å². The van der Waals surface area contributed by atoms with Crippen LogP contribution in [0.15, 0.2) is 93.9 Å². The second-order valence-corrected chi connectivity index (χ2v) is 7.96. The Labute approximate surface area is 183 Å². The maximum Gasteiger partial charge on any atom is 0.190 e. The summed E-state index contributed by atoms with van der Waals surface area (Å²) in [5.74, 6) is 1.71. The van der Waals surface area contributed by atoms with E-state index in [1.807, 2.05) is 42.5 Å². The highest BCUT2D eigenvalue weighted by atomic mass is 32.1. The summed E-state index contributed by atoms with van der Waals surface area (Å²) in [7, 11) is 1.68. The topological polar surface area (TPSA) is 52.5 Å². The summed E-state index contributed by atoms with van der Waals surface area (Å²) in [4.78, 5) is 9.94. The molecule has 3 heterocycles. The molecule has 6 heteroatoms. The lowest BCUT2D eigenvalue weighted by molar-refractivity contribution is 0.414. The van der Waals surface area contributed by atoms with Crippen LogP contribution in [0.25, 0.3) is 22.4 Å². The van der Waals surface area contributed by atoms with Crippen LogP contribution in [0.4, 0.5) is 5.69 Å². The van der Waals surface area contributed by atoms with Crippen molar-refractivity contribution < 1.29 is 9.15 Å². The van der Waals surface area contributed by atoms with E-state index in [4.69, 9.17) is 14.1 Å². The smallest absolute Gasteiger partial charge is 0.190 e.